The Labute approximate surface area is 175 Å². The lowest BCUT2D eigenvalue weighted by atomic mass is 9.92. The van der Waals surface area contributed by atoms with E-state index in [1.165, 1.54) is 0 Å². The molecule has 0 radical (unpaired) electrons. The van der Waals surface area contributed by atoms with Gasteiger partial charge in [0, 0.05) is 16.1 Å². The van der Waals surface area contributed by atoms with Gasteiger partial charge in [-0.15, -0.1) is 0 Å². The van der Waals surface area contributed by atoms with E-state index in [0.717, 1.165) is 39.1 Å². The molecule has 0 spiro atoms. The van der Waals surface area contributed by atoms with Gasteiger partial charge in [0.15, 0.2) is 0 Å². The molecule has 0 bridgehead atoms. The van der Waals surface area contributed by atoms with Crippen molar-refractivity contribution in [2.75, 3.05) is 5.73 Å². The van der Waals surface area contributed by atoms with E-state index in [-0.39, 0.29) is 5.82 Å². The van der Waals surface area contributed by atoms with Crippen LogP contribution >= 0.6 is 11.6 Å². The molecule has 0 atom stereocenters. The highest BCUT2D eigenvalue weighted by atomic mass is 35.5. The number of aromatic nitrogens is 1. The fourth-order valence-corrected chi connectivity index (χ4v) is 3.74. The molecule has 4 aromatic rings. The topological polar surface area (TPSA) is 62.7 Å². The molecule has 4 rings (SSSR count). The Kier molecular flexibility index (Phi) is 5.03. The molecule has 0 aliphatic heterocycles. The van der Waals surface area contributed by atoms with E-state index < -0.39 is 0 Å². The lowest BCUT2D eigenvalue weighted by Crippen LogP contribution is -2.03. The van der Waals surface area contributed by atoms with Crippen LogP contribution in [0.3, 0.4) is 0 Å². The molecule has 29 heavy (non-hydrogen) atoms. The summed E-state index contributed by atoms with van der Waals surface area (Å²) in [7, 11) is 0. The molecule has 4 heteroatoms. The molecule has 0 fully saturated rings. The van der Waals surface area contributed by atoms with Crippen LogP contribution < -0.4 is 5.73 Å². The highest BCUT2D eigenvalue weighted by Crippen LogP contribution is 2.37. The standard InChI is InChI=1S/C25H18ClN3/c1-16-23(19-12-10-18(11-13-19)17-6-3-2-4-7-17)22(15-27)25(28)29-24(16)20-8-5-9-21(26)14-20/h2-14H,1H3,(H2,28,29). The summed E-state index contributed by atoms with van der Waals surface area (Å²) in [5.74, 6) is 0.218. The predicted octanol–water partition coefficient (Wildman–Crippen LogP) is 6.50. The molecular weight excluding hydrogens is 378 g/mol. The Balaban J connectivity index is 1.88. The van der Waals surface area contributed by atoms with Crippen molar-refractivity contribution in [1.29, 1.82) is 5.26 Å². The van der Waals surface area contributed by atoms with Gasteiger partial charge in [0.05, 0.1) is 5.69 Å². The number of nitrogens with zero attached hydrogens (tertiary/aromatic N) is 2. The Morgan fingerprint density at radius 2 is 1.45 bits per heavy atom. The zero-order chi connectivity index (χ0) is 20.4. The molecule has 0 unspecified atom stereocenters. The number of pyridine rings is 1. The largest absolute Gasteiger partial charge is 0.383 e. The van der Waals surface area contributed by atoms with Crippen molar-refractivity contribution in [3.63, 3.8) is 0 Å². The number of anilines is 1. The molecule has 140 valence electrons. The first-order valence-corrected chi connectivity index (χ1v) is 9.58. The first-order chi connectivity index (χ1) is 14.1. The Bertz CT molecular complexity index is 1220. The van der Waals surface area contributed by atoms with Crippen LogP contribution in [0.25, 0.3) is 33.5 Å². The summed E-state index contributed by atoms with van der Waals surface area (Å²) in [5.41, 5.74) is 13.0. The molecule has 3 aromatic carbocycles. The number of halogens is 1. The van der Waals surface area contributed by atoms with Gasteiger partial charge in [-0.25, -0.2) is 4.98 Å². The average Bonchev–Trinajstić information content (AvgIpc) is 2.75. The molecule has 1 aromatic heterocycles. The second kappa shape index (κ2) is 7.79. The number of nitrogens with two attached hydrogens (primary N) is 1. The summed E-state index contributed by atoms with van der Waals surface area (Å²) >= 11 is 6.17. The molecule has 0 saturated carbocycles. The van der Waals surface area contributed by atoms with E-state index in [1.807, 2.05) is 61.5 Å². The molecule has 2 N–H and O–H groups in total. The van der Waals surface area contributed by atoms with Crippen molar-refractivity contribution in [2.24, 2.45) is 0 Å². The first-order valence-electron chi connectivity index (χ1n) is 9.20. The smallest absolute Gasteiger partial charge is 0.142 e. The van der Waals surface area contributed by atoms with Gasteiger partial charge in [-0.2, -0.15) is 5.26 Å². The van der Waals surface area contributed by atoms with Crippen molar-refractivity contribution >= 4 is 17.4 Å². The van der Waals surface area contributed by atoms with Crippen LogP contribution in [0.2, 0.25) is 5.02 Å². The molecule has 3 nitrogen and oxygen atoms in total. The van der Waals surface area contributed by atoms with Gasteiger partial charge >= 0.3 is 0 Å². The van der Waals surface area contributed by atoms with E-state index in [4.69, 9.17) is 17.3 Å². The number of nitriles is 1. The van der Waals surface area contributed by atoms with Crippen LogP contribution in [-0.4, -0.2) is 4.98 Å². The maximum atomic E-state index is 9.73. The van der Waals surface area contributed by atoms with E-state index in [9.17, 15) is 5.26 Å². The lowest BCUT2D eigenvalue weighted by Gasteiger charge is -2.15. The molecule has 1 heterocycles. The fourth-order valence-electron chi connectivity index (χ4n) is 3.54. The minimum atomic E-state index is 0.218. The van der Waals surface area contributed by atoms with Gasteiger partial charge in [0.2, 0.25) is 0 Å². The van der Waals surface area contributed by atoms with Gasteiger partial charge in [0.1, 0.15) is 17.5 Å². The van der Waals surface area contributed by atoms with Gasteiger partial charge < -0.3 is 5.73 Å². The van der Waals surface area contributed by atoms with Crippen LogP contribution in [0, 0.1) is 18.3 Å². The Hall–Kier alpha value is -3.61. The van der Waals surface area contributed by atoms with Gasteiger partial charge in [-0.1, -0.05) is 78.3 Å². The average molecular weight is 396 g/mol. The number of rotatable bonds is 3. The first kappa shape index (κ1) is 18.7. The van der Waals surface area contributed by atoms with Gasteiger partial charge in [-0.05, 0) is 41.3 Å². The van der Waals surface area contributed by atoms with Crippen molar-refractivity contribution in [3.8, 4) is 39.6 Å². The molecule has 0 amide bonds. The molecular formula is C25H18ClN3. The Morgan fingerprint density at radius 1 is 0.828 bits per heavy atom. The zero-order valence-corrected chi connectivity index (χ0v) is 16.6. The number of hydrogen-bond donors (Lipinski definition) is 1. The highest BCUT2D eigenvalue weighted by Gasteiger charge is 2.18. The third kappa shape index (κ3) is 3.59. The third-order valence-corrected chi connectivity index (χ3v) is 5.19. The molecule has 0 aliphatic rings. The zero-order valence-electron chi connectivity index (χ0n) is 15.9. The minimum absolute atomic E-state index is 0.218. The summed E-state index contributed by atoms with van der Waals surface area (Å²) in [6, 6.07) is 28.0. The maximum Gasteiger partial charge on any atom is 0.142 e. The monoisotopic (exact) mass is 395 g/mol. The normalized spacial score (nSPS) is 10.5. The number of benzene rings is 3. The summed E-state index contributed by atoms with van der Waals surface area (Å²) in [6.45, 7) is 1.96. The van der Waals surface area contributed by atoms with Crippen LogP contribution in [0.5, 0.6) is 0 Å². The van der Waals surface area contributed by atoms with Crippen molar-refractivity contribution < 1.29 is 0 Å². The van der Waals surface area contributed by atoms with E-state index in [2.05, 4.69) is 35.3 Å². The van der Waals surface area contributed by atoms with Crippen molar-refractivity contribution in [3.05, 3.63) is 95.0 Å². The summed E-state index contributed by atoms with van der Waals surface area (Å²) in [6.07, 6.45) is 0. The van der Waals surface area contributed by atoms with Crippen LogP contribution in [0.4, 0.5) is 5.82 Å². The number of hydrogen-bond acceptors (Lipinski definition) is 3. The van der Waals surface area contributed by atoms with Crippen molar-refractivity contribution in [1.82, 2.24) is 4.98 Å². The predicted molar refractivity (Wildman–Crippen MR) is 119 cm³/mol. The van der Waals surface area contributed by atoms with Crippen LogP contribution in [-0.2, 0) is 0 Å². The Morgan fingerprint density at radius 3 is 2.10 bits per heavy atom. The lowest BCUT2D eigenvalue weighted by molar-refractivity contribution is 1.26. The number of nitrogen functional groups attached to an aromatic ring is 1. The summed E-state index contributed by atoms with van der Waals surface area (Å²) in [5, 5.41) is 10.4. The summed E-state index contributed by atoms with van der Waals surface area (Å²) < 4.78 is 0. The SMILES string of the molecule is Cc1c(-c2cccc(Cl)c2)nc(N)c(C#N)c1-c1ccc(-c2ccccc2)cc1. The fraction of sp³-hybridized carbons (Fsp3) is 0.0400. The summed E-state index contributed by atoms with van der Waals surface area (Å²) in [4.78, 5) is 4.50. The van der Waals surface area contributed by atoms with Crippen LogP contribution in [0.1, 0.15) is 11.1 Å². The van der Waals surface area contributed by atoms with Crippen LogP contribution in [0.15, 0.2) is 78.9 Å². The van der Waals surface area contributed by atoms with Crippen molar-refractivity contribution in [2.45, 2.75) is 6.92 Å². The quantitative estimate of drug-likeness (QED) is 0.430. The van der Waals surface area contributed by atoms with E-state index in [1.54, 1.807) is 0 Å². The highest BCUT2D eigenvalue weighted by molar-refractivity contribution is 6.30. The van der Waals surface area contributed by atoms with Gasteiger partial charge in [-0.3, -0.25) is 0 Å². The third-order valence-electron chi connectivity index (χ3n) is 4.96. The minimum Gasteiger partial charge on any atom is -0.383 e. The maximum absolute atomic E-state index is 9.73. The second-order valence-corrected chi connectivity index (χ2v) is 7.22. The van der Waals surface area contributed by atoms with E-state index in [0.29, 0.717) is 10.6 Å². The van der Waals surface area contributed by atoms with E-state index >= 15 is 0 Å². The second-order valence-electron chi connectivity index (χ2n) is 6.79. The van der Waals surface area contributed by atoms with Gasteiger partial charge in [0.25, 0.3) is 0 Å². The molecule has 0 aliphatic carbocycles. The molecule has 0 saturated heterocycles.